The number of carbonyl (C=O) groups excluding carboxylic acids is 1. The van der Waals surface area contributed by atoms with Gasteiger partial charge in [-0.05, 0) is 12.1 Å². The Balaban J connectivity index is 2.31. The van der Waals surface area contributed by atoms with Crippen molar-refractivity contribution in [3.8, 4) is 17.2 Å². The Morgan fingerprint density at radius 3 is 2.08 bits per heavy atom. The number of ether oxygens (including phenoxy) is 3. The second kappa shape index (κ2) is 7.01. The van der Waals surface area contributed by atoms with Crippen molar-refractivity contribution < 1.29 is 27.4 Å². The van der Waals surface area contributed by atoms with Crippen LogP contribution < -0.4 is 19.5 Å². The monoisotopic (exact) mass is 373 g/mol. The predicted molar refractivity (Wildman–Crippen MR) is 87.1 cm³/mol. The number of rotatable bonds is 6. The largest absolute Gasteiger partial charge is 0.493 e. The van der Waals surface area contributed by atoms with Crippen LogP contribution in [0.15, 0.2) is 16.5 Å². The zero-order valence-electron chi connectivity index (χ0n) is 13.3. The number of methoxy groups -OCH3 is 3. The number of nitrogens with zero attached hydrogens (tertiary/aromatic N) is 2. The number of benzene rings is 1. The summed E-state index contributed by atoms with van der Waals surface area (Å²) in [5.74, 6) is 0.462. The van der Waals surface area contributed by atoms with Crippen LogP contribution >= 0.6 is 11.3 Å². The van der Waals surface area contributed by atoms with Crippen molar-refractivity contribution in [3.05, 3.63) is 17.7 Å². The minimum Gasteiger partial charge on any atom is -0.493 e. The van der Waals surface area contributed by atoms with Gasteiger partial charge in [0, 0.05) is 11.8 Å². The van der Waals surface area contributed by atoms with Crippen molar-refractivity contribution in [3.63, 3.8) is 0 Å². The van der Waals surface area contributed by atoms with Crippen molar-refractivity contribution in [1.82, 2.24) is 10.2 Å². The van der Waals surface area contributed by atoms with Gasteiger partial charge in [0.15, 0.2) is 11.5 Å². The van der Waals surface area contributed by atoms with Crippen LogP contribution in [-0.4, -0.2) is 52.1 Å². The Labute approximate surface area is 142 Å². The molecule has 0 aliphatic rings. The highest BCUT2D eigenvalue weighted by Crippen LogP contribution is 2.38. The highest BCUT2D eigenvalue weighted by Gasteiger charge is 2.19. The Morgan fingerprint density at radius 1 is 1.08 bits per heavy atom. The van der Waals surface area contributed by atoms with E-state index in [1.54, 1.807) is 0 Å². The van der Waals surface area contributed by atoms with Crippen LogP contribution in [0.3, 0.4) is 0 Å². The lowest BCUT2D eigenvalue weighted by atomic mass is 10.1. The Hall–Kier alpha value is -2.40. The van der Waals surface area contributed by atoms with E-state index in [9.17, 15) is 13.2 Å². The molecule has 0 aliphatic heterocycles. The van der Waals surface area contributed by atoms with Crippen LogP contribution in [0.2, 0.25) is 0 Å². The average Bonchev–Trinajstić information content (AvgIpc) is 3.01. The molecule has 1 N–H and O–H groups in total. The Morgan fingerprint density at radius 2 is 1.67 bits per heavy atom. The first-order valence-corrected chi connectivity index (χ1v) is 9.16. The molecule has 1 heterocycles. The van der Waals surface area contributed by atoms with E-state index in [0.717, 1.165) is 17.6 Å². The predicted octanol–water partition coefficient (Wildman–Crippen LogP) is 1.22. The highest BCUT2D eigenvalue weighted by molar-refractivity contribution is 7.92. The molecule has 2 aromatic rings. The topological polar surface area (TPSA) is 117 Å². The third-order valence-corrected chi connectivity index (χ3v) is 5.38. The van der Waals surface area contributed by atoms with E-state index >= 15 is 0 Å². The van der Waals surface area contributed by atoms with Crippen molar-refractivity contribution in [1.29, 1.82) is 0 Å². The lowest BCUT2D eigenvalue weighted by Gasteiger charge is -2.13. The fourth-order valence-electron chi connectivity index (χ4n) is 1.79. The first-order chi connectivity index (χ1) is 11.3. The molecule has 0 unspecified atom stereocenters. The molecule has 0 saturated heterocycles. The van der Waals surface area contributed by atoms with Crippen LogP contribution in [0, 0.1) is 0 Å². The standard InChI is InChI=1S/C13H15N3O6S2/c1-20-8-5-7(6-9(21-2)10(8)22-3)11(17)14-12-15-16-13(23-12)24(4,18)19/h5-6H,1-4H3,(H,14,15,17). The van der Waals surface area contributed by atoms with E-state index in [-0.39, 0.29) is 15.0 Å². The van der Waals surface area contributed by atoms with E-state index in [1.807, 2.05) is 0 Å². The van der Waals surface area contributed by atoms with Crippen molar-refractivity contribution in [2.45, 2.75) is 4.34 Å². The normalized spacial score (nSPS) is 11.0. The molecular formula is C13H15N3O6S2. The summed E-state index contributed by atoms with van der Waals surface area (Å²) in [5.41, 5.74) is 0.223. The zero-order valence-corrected chi connectivity index (χ0v) is 14.9. The third-order valence-electron chi connectivity index (χ3n) is 2.87. The fourth-order valence-corrected chi connectivity index (χ4v) is 3.30. The maximum atomic E-state index is 12.3. The number of sulfone groups is 1. The molecule has 2 rings (SSSR count). The Bertz CT molecular complexity index is 837. The van der Waals surface area contributed by atoms with E-state index in [4.69, 9.17) is 14.2 Å². The molecule has 1 aromatic heterocycles. The van der Waals surface area contributed by atoms with Gasteiger partial charge in [-0.3, -0.25) is 10.1 Å². The summed E-state index contributed by atoms with van der Waals surface area (Å²) in [6.07, 6.45) is 1.01. The van der Waals surface area contributed by atoms with Gasteiger partial charge >= 0.3 is 0 Å². The van der Waals surface area contributed by atoms with E-state index in [2.05, 4.69) is 15.5 Å². The summed E-state index contributed by atoms with van der Waals surface area (Å²) in [7, 11) is 0.842. The minimum absolute atomic E-state index is 0.0641. The van der Waals surface area contributed by atoms with E-state index in [1.165, 1.54) is 33.5 Å². The second-order valence-corrected chi connectivity index (χ2v) is 7.68. The molecule has 0 fully saturated rings. The minimum atomic E-state index is -3.48. The van der Waals surface area contributed by atoms with E-state index in [0.29, 0.717) is 17.2 Å². The number of nitrogens with one attached hydrogen (secondary N) is 1. The number of amides is 1. The molecule has 1 amide bonds. The summed E-state index contributed by atoms with van der Waals surface area (Å²) in [6.45, 7) is 0. The number of carbonyl (C=O) groups is 1. The van der Waals surface area contributed by atoms with Gasteiger partial charge in [0.05, 0.1) is 21.3 Å². The first kappa shape index (κ1) is 17.9. The number of hydrogen-bond acceptors (Lipinski definition) is 9. The molecule has 130 valence electrons. The maximum Gasteiger partial charge on any atom is 0.257 e. The van der Waals surface area contributed by atoms with Crippen LogP contribution in [0.4, 0.5) is 5.13 Å². The van der Waals surface area contributed by atoms with Crippen LogP contribution in [0.25, 0.3) is 0 Å². The van der Waals surface area contributed by atoms with Crippen molar-refractivity contribution in [2.24, 2.45) is 0 Å². The summed E-state index contributed by atoms with van der Waals surface area (Å²) in [6, 6.07) is 2.93. The molecule has 0 radical (unpaired) electrons. The molecule has 0 atom stereocenters. The fraction of sp³-hybridized carbons (Fsp3) is 0.308. The maximum absolute atomic E-state index is 12.3. The molecule has 24 heavy (non-hydrogen) atoms. The number of anilines is 1. The second-order valence-electron chi connectivity index (χ2n) is 4.51. The molecule has 0 aliphatic carbocycles. The van der Waals surface area contributed by atoms with Gasteiger partial charge in [-0.25, -0.2) is 8.42 Å². The van der Waals surface area contributed by atoms with Gasteiger partial charge in [0.25, 0.3) is 5.91 Å². The SMILES string of the molecule is COc1cc(C(=O)Nc2nnc(S(C)(=O)=O)s2)cc(OC)c1OC. The van der Waals surface area contributed by atoms with Gasteiger partial charge in [-0.15, -0.1) is 10.2 Å². The van der Waals surface area contributed by atoms with Gasteiger partial charge in [0.2, 0.25) is 25.1 Å². The molecule has 0 bridgehead atoms. The number of aromatic nitrogens is 2. The lowest BCUT2D eigenvalue weighted by molar-refractivity contribution is 0.102. The molecule has 0 spiro atoms. The van der Waals surface area contributed by atoms with Crippen LogP contribution in [0.5, 0.6) is 17.2 Å². The van der Waals surface area contributed by atoms with Gasteiger partial charge in [0.1, 0.15) is 0 Å². The Kier molecular flexibility index (Phi) is 5.24. The third kappa shape index (κ3) is 3.74. The lowest BCUT2D eigenvalue weighted by Crippen LogP contribution is -2.12. The molecule has 0 saturated carbocycles. The van der Waals surface area contributed by atoms with Gasteiger partial charge < -0.3 is 14.2 Å². The van der Waals surface area contributed by atoms with Crippen molar-refractivity contribution >= 4 is 32.2 Å². The van der Waals surface area contributed by atoms with Gasteiger partial charge in [-0.2, -0.15) is 0 Å². The zero-order chi connectivity index (χ0) is 17.9. The summed E-state index contributed by atoms with van der Waals surface area (Å²) >= 11 is 0.761. The molecule has 9 nitrogen and oxygen atoms in total. The number of hydrogen-bond donors (Lipinski definition) is 1. The smallest absolute Gasteiger partial charge is 0.257 e. The first-order valence-electron chi connectivity index (χ1n) is 6.45. The summed E-state index contributed by atoms with van der Waals surface area (Å²) < 4.78 is 38.1. The summed E-state index contributed by atoms with van der Waals surface area (Å²) in [4.78, 5) is 12.3. The molecular weight excluding hydrogens is 358 g/mol. The van der Waals surface area contributed by atoms with Crippen LogP contribution in [0.1, 0.15) is 10.4 Å². The molecule has 11 heteroatoms. The van der Waals surface area contributed by atoms with Crippen LogP contribution in [-0.2, 0) is 9.84 Å². The average molecular weight is 373 g/mol. The van der Waals surface area contributed by atoms with Gasteiger partial charge in [-0.1, -0.05) is 11.3 Å². The van der Waals surface area contributed by atoms with Crippen molar-refractivity contribution in [2.75, 3.05) is 32.9 Å². The highest BCUT2D eigenvalue weighted by atomic mass is 32.2. The quantitative estimate of drug-likeness (QED) is 0.751. The van der Waals surface area contributed by atoms with E-state index < -0.39 is 15.7 Å². The molecule has 1 aromatic carbocycles. The summed E-state index contributed by atoms with van der Waals surface area (Å²) in [5, 5.41) is 9.71.